The lowest BCUT2D eigenvalue weighted by Gasteiger charge is -2.16. The van der Waals surface area contributed by atoms with Gasteiger partial charge in [0.25, 0.3) is 5.56 Å². The summed E-state index contributed by atoms with van der Waals surface area (Å²) in [4.78, 5) is 26.1. The number of carbonyl (C=O) groups excluding carboxylic acids is 1. The molecule has 5 nitrogen and oxygen atoms in total. The molecule has 1 aromatic heterocycles. The molecule has 122 valence electrons. The Morgan fingerprint density at radius 1 is 1.39 bits per heavy atom. The smallest absolute Gasteiger partial charge is 0.315 e. The van der Waals surface area contributed by atoms with E-state index in [9.17, 15) is 14.0 Å². The number of amides is 2. The zero-order valence-corrected chi connectivity index (χ0v) is 13.5. The Morgan fingerprint density at radius 2 is 2.13 bits per heavy atom. The molecule has 2 rings (SSSR count). The Balaban J connectivity index is 1.96. The first-order valence-electron chi connectivity index (χ1n) is 7.04. The summed E-state index contributed by atoms with van der Waals surface area (Å²) in [6.45, 7) is 3.68. The van der Waals surface area contributed by atoms with Gasteiger partial charge in [0.1, 0.15) is 5.82 Å². The number of aryl methyl sites for hydroxylation is 1. The average molecular weight is 338 g/mol. The van der Waals surface area contributed by atoms with Crippen molar-refractivity contribution in [1.82, 2.24) is 15.6 Å². The van der Waals surface area contributed by atoms with E-state index in [2.05, 4.69) is 15.6 Å². The number of carbonyl (C=O) groups is 1. The molecule has 0 bridgehead atoms. The molecule has 2 aromatic rings. The van der Waals surface area contributed by atoms with Gasteiger partial charge in [-0.1, -0.05) is 17.7 Å². The van der Waals surface area contributed by atoms with Crippen LogP contribution in [0, 0.1) is 12.7 Å². The summed E-state index contributed by atoms with van der Waals surface area (Å²) in [6.07, 6.45) is 1.60. The van der Waals surface area contributed by atoms with Gasteiger partial charge in [-0.15, -0.1) is 0 Å². The topological polar surface area (TPSA) is 74.0 Å². The molecule has 23 heavy (non-hydrogen) atoms. The van der Waals surface area contributed by atoms with Gasteiger partial charge in [-0.3, -0.25) is 4.79 Å². The van der Waals surface area contributed by atoms with Crippen LogP contribution in [0.1, 0.15) is 29.7 Å². The quantitative estimate of drug-likeness (QED) is 0.802. The van der Waals surface area contributed by atoms with Crippen molar-refractivity contribution in [2.24, 2.45) is 0 Å². The van der Waals surface area contributed by atoms with E-state index in [0.717, 1.165) is 5.56 Å². The maximum Gasteiger partial charge on any atom is 0.315 e. The Morgan fingerprint density at radius 3 is 2.83 bits per heavy atom. The molecule has 0 saturated carbocycles. The van der Waals surface area contributed by atoms with Gasteiger partial charge in [-0.25, -0.2) is 9.18 Å². The van der Waals surface area contributed by atoms with Gasteiger partial charge in [0, 0.05) is 23.3 Å². The fourth-order valence-corrected chi connectivity index (χ4v) is 2.47. The second-order valence-electron chi connectivity index (χ2n) is 5.25. The monoisotopic (exact) mass is 337 g/mol. The summed E-state index contributed by atoms with van der Waals surface area (Å²) in [6, 6.07) is 4.86. The fraction of sp³-hybridized carbons (Fsp3) is 0.250. The van der Waals surface area contributed by atoms with Gasteiger partial charge < -0.3 is 15.6 Å². The normalized spacial score (nSPS) is 11.8. The van der Waals surface area contributed by atoms with Crippen LogP contribution in [0.2, 0.25) is 5.02 Å². The molecule has 0 aliphatic carbocycles. The lowest BCUT2D eigenvalue weighted by molar-refractivity contribution is 0.237. The van der Waals surface area contributed by atoms with E-state index in [1.54, 1.807) is 19.2 Å². The molecule has 1 aromatic carbocycles. The molecule has 0 radical (unpaired) electrons. The van der Waals surface area contributed by atoms with Crippen molar-refractivity contribution in [3.05, 3.63) is 68.3 Å². The van der Waals surface area contributed by atoms with E-state index in [0.29, 0.717) is 11.1 Å². The van der Waals surface area contributed by atoms with Gasteiger partial charge in [-0.2, -0.15) is 0 Å². The van der Waals surface area contributed by atoms with Crippen molar-refractivity contribution in [3.8, 4) is 0 Å². The van der Waals surface area contributed by atoms with Crippen LogP contribution in [-0.2, 0) is 6.54 Å². The maximum absolute atomic E-state index is 13.0. The molecule has 7 heteroatoms. The van der Waals surface area contributed by atoms with Crippen LogP contribution in [0.25, 0.3) is 0 Å². The number of hydrogen-bond acceptors (Lipinski definition) is 2. The molecule has 0 aliphatic heterocycles. The van der Waals surface area contributed by atoms with E-state index in [1.807, 2.05) is 6.92 Å². The van der Waals surface area contributed by atoms with Gasteiger partial charge in [0.2, 0.25) is 0 Å². The fourth-order valence-electron chi connectivity index (χ4n) is 2.14. The number of urea groups is 1. The van der Waals surface area contributed by atoms with Crippen molar-refractivity contribution in [3.63, 3.8) is 0 Å². The van der Waals surface area contributed by atoms with Crippen LogP contribution in [0.4, 0.5) is 9.18 Å². The number of hydrogen-bond donors (Lipinski definition) is 3. The van der Waals surface area contributed by atoms with Gasteiger partial charge in [0.05, 0.1) is 6.04 Å². The predicted molar refractivity (Wildman–Crippen MR) is 87.0 cm³/mol. The van der Waals surface area contributed by atoms with Crippen LogP contribution >= 0.6 is 11.6 Å². The molecule has 3 N–H and O–H groups in total. The van der Waals surface area contributed by atoms with Crippen LogP contribution in [0.3, 0.4) is 0 Å². The minimum Gasteiger partial charge on any atom is -0.334 e. The van der Waals surface area contributed by atoms with E-state index in [4.69, 9.17) is 11.6 Å². The van der Waals surface area contributed by atoms with E-state index in [-0.39, 0.29) is 17.1 Å². The Hall–Kier alpha value is -2.34. The highest BCUT2D eigenvalue weighted by atomic mass is 35.5. The molecule has 0 unspecified atom stereocenters. The SMILES string of the molecule is Cc1c[nH]c(=O)c(CNC(=O)N[C@@H](C)c2ccc(F)cc2Cl)c1. The number of nitrogens with one attached hydrogen (secondary N) is 3. The molecular weight excluding hydrogens is 321 g/mol. The minimum atomic E-state index is -0.446. The highest BCUT2D eigenvalue weighted by Gasteiger charge is 2.13. The molecule has 0 spiro atoms. The first-order valence-corrected chi connectivity index (χ1v) is 7.42. The summed E-state index contributed by atoms with van der Waals surface area (Å²) in [5.41, 5.74) is 1.73. The summed E-state index contributed by atoms with van der Waals surface area (Å²) < 4.78 is 13.0. The number of aromatic nitrogens is 1. The summed E-state index contributed by atoms with van der Waals surface area (Å²) >= 11 is 5.96. The van der Waals surface area contributed by atoms with Crippen LogP contribution in [0.5, 0.6) is 0 Å². The first kappa shape index (κ1) is 17.0. The highest BCUT2D eigenvalue weighted by molar-refractivity contribution is 6.31. The zero-order chi connectivity index (χ0) is 17.0. The maximum atomic E-state index is 13.0. The van der Waals surface area contributed by atoms with Crippen molar-refractivity contribution in [2.45, 2.75) is 26.4 Å². The Kier molecular flexibility index (Phi) is 5.39. The van der Waals surface area contributed by atoms with Crippen LogP contribution < -0.4 is 16.2 Å². The zero-order valence-electron chi connectivity index (χ0n) is 12.7. The predicted octanol–water partition coefficient (Wildman–Crippen LogP) is 3.04. The molecular formula is C16H17ClFN3O2. The number of rotatable bonds is 4. The third kappa shape index (κ3) is 4.56. The third-order valence-corrected chi connectivity index (χ3v) is 3.67. The average Bonchev–Trinajstić information content (AvgIpc) is 2.48. The number of halogens is 2. The molecule has 1 atom stereocenters. The largest absolute Gasteiger partial charge is 0.334 e. The number of H-pyrrole nitrogens is 1. The second-order valence-corrected chi connectivity index (χ2v) is 5.65. The van der Waals surface area contributed by atoms with E-state index >= 15 is 0 Å². The summed E-state index contributed by atoms with van der Waals surface area (Å²) in [7, 11) is 0. The highest BCUT2D eigenvalue weighted by Crippen LogP contribution is 2.23. The van der Waals surface area contributed by atoms with E-state index in [1.165, 1.54) is 18.2 Å². The minimum absolute atomic E-state index is 0.104. The van der Waals surface area contributed by atoms with Crippen LogP contribution in [-0.4, -0.2) is 11.0 Å². The van der Waals surface area contributed by atoms with Gasteiger partial charge >= 0.3 is 6.03 Å². The lowest BCUT2D eigenvalue weighted by Crippen LogP contribution is -2.37. The lowest BCUT2D eigenvalue weighted by atomic mass is 10.1. The Labute approximate surface area is 137 Å². The number of pyridine rings is 1. The molecule has 0 saturated heterocycles. The van der Waals surface area contributed by atoms with Gasteiger partial charge in [-0.05, 0) is 43.2 Å². The van der Waals surface area contributed by atoms with Crippen LogP contribution in [0.15, 0.2) is 35.3 Å². The number of benzene rings is 1. The van der Waals surface area contributed by atoms with Gasteiger partial charge in [0.15, 0.2) is 0 Å². The van der Waals surface area contributed by atoms with Crippen molar-refractivity contribution < 1.29 is 9.18 Å². The molecule has 0 aliphatic rings. The third-order valence-electron chi connectivity index (χ3n) is 3.34. The standard InChI is InChI=1S/C16H17ClFN3O2/c1-9-5-11(15(22)19-7-9)8-20-16(23)21-10(2)13-4-3-12(18)6-14(13)17/h3-7,10H,8H2,1-2H3,(H,19,22)(H2,20,21,23)/t10-/m0/s1. The molecule has 2 amide bonds. The molecule has 1 heterocycles. The Bertz CT molecular complexity index is 776. The van der Waals surface area contributed by atoms with E-state index < -0.39 is 17.9 Å². The number of aromatic amines is 1. The van der Waals surface area contributed by atoms with Crippen molar-refractivity contribution >= 4 is 17.6 Å². The first-order chi connectivity index (χ1) is 10.9. The summed E-state index contributed by atoms with van der Waals surface area (Å²) in [5.74, 6) is -0.436. The van der Waals surface area contributed by atoms with Crippen molar-refractivity contribution in [2.75, 3.05) is 0 Å². The molecule has 0 fully saturated rings. The second kappa shape index (κ2) is 7.28. The van der Waals surface area contributed by atoms with Crippen molar-refractivity contribution in [1.29, 1.82) is 0 Å². The summed E-state index contributed by atoms with van der Waals surface area (Å²) in [5, 5.41) is 5.55.